The lowest BCUT2D eigenvalue weighted by Crippen LogP contribution is -2.13. The number of rotatable bonds is 6. The van der Waals surface area contributed by atoms with Crippen LogP contribution in [-0.2, 0) is 0 Å². The lowest BCUT2D eigenvalue weighted by Gasteiger charge is -2.13. The Morgan fingerprint density at radius 3 is 2.55 bits per heavy atom. The molecule has 0 amide bonds. The first-order valence-corrected chi connectivity index (χ1v) is 9.55. The molecule has 0 fully saturated rings. The molecule has 0 saturated heterocycles. The van der Waals surface area contributed by atoms with E-state index in [0.717, 1.165) is 21.3 Å². The molecule has 7 nitrogen and oxygen atoms in total. The Hall–Kier alpha value is -3.43. The van der Waals surface area contributed by atoms with E-state index >= 15 is 0 Å². The van der Waals surface area contributed by atoms with E-state index in [2.05, 4.69) is 15.3 Å². The summed E-state index contributed by atoms with van der Waals surface area (Å²) >= 11 is 1.45. The van der Waals surface area contributed by atoms with Gasteiger partial charge in [-0.2, -0.15) is 0 Å². The van der Waals surface area contributed by atoms with Crippen molar-refractivity contribution >= 4 is 33.1 Å². The zero-order valence-electron chi connectivity index (χ0n) is 14.9. The van der Waals surface area contributed by atoms with E-state index in [1.807, 2.05) is 5.38 Å². The van der Waals surface area contributed by atoms with Crippen molar-refractivity contribution in [2.75, 3.05) is 11.9 Å². The highest BCUT2D eigenvalue weighted by Gasteiger charge is 2.15. The number of benzene rings is 2. The van der Waals surface area contributed by atoms with E-state index in [4.69, 9.17) is 0 Å². The summed E-state index contributed by atoms with van der Waals surface area (Å²) in [5.74, 6) is 0.241. The molecule has 29 heavy (non-hydrogen) atoms. The molecule has 9 heteroatoms. The fourth-order valence-electron chi connectivity index (χ4n) is 2.98. The van der Waals surface area contributed by atoms with Crippen LogP contribution in [0.2, 0.25) is 0 Å². The molecule has 146 valence electrons. The first kappa shape index (κ1) is 18.9. The molecule has 2 N–H and O–H groups in total. The van der Waals surface area contributed by atoms with Gasteiger partial charge < -0.3 is 10.4 Å². The molecule has 0 aliphatic carbocycles. The standard InChI is InChI=1S/C20H15FN4O3S/c21-14-5-1-12(2-6-14)16-10-29-20-18(16)19(23-11-24-20)22-9-17(26)13-3-7-15(8-4-13)25(27)28/h1-8,10-11,17,26H,9H2,(H,22,23,24). The number of anilines is 1. The SMILES string of the molecule is O=[N+]([O-])c1ccc(C(O)CNc2ncnc3scc(-c4ccc(F)cc4)c23)cc1. The Bertz CT molecular complexity index is 1160. The number of fused-ring (bicyclic) bond motifs is 1. The van der Waals surface area contributed by atoms with Gasteiger partial charge in [-0.05, 0) is 35.4 Å². The zero-order chi connectivity index (χ0) is 20.4. The fraction of sp³-hybridized carbons (Fsp3) is 0.100. The largest absolute Gasteiger partial charge is 0.387 e. The number of hydrogen-bond donors (Lipinski definition) is 2. The van der Waals surface area contributed by atoms with Crippen LogP contribution in [0.5, 0.6) is 0 Å². The minimum Gasteiger partial charge on any atom is -0.387 e. The fourth-order valence-corrected chi connectivity index (χ4v) is 3.90. The summed E-state index contributed by atoms with van der Waals surface area (Å²) in [5, 5.41) is 27.0. The minimum absolute atomic E-state index is 0.0337. The van der Waals surface area contributed by atoms with E-state index in [9.17, 15) is 19.6 Å². The number of nitro benzene ring substituents is 1. The summed E-state index contributed by atoms with van der Waals surface area (Å²) < 4.78 is 13.3. The number of aliphatic hydroxyl groups excluding tert-OH is 1. The zero-order valence-corrected chi connectivity index (χ0v) is 15.8. The molecule has 1 atom stereocenters. The average Bonchev–Trinajstić information content (AvgIpc) is 3.17. The van der Waals surface area contributed by atoms with Crippen LogP contribution >= 0.6 is 11.3 Å². The van der Waals surface area contributed by atoms with E-state index in [-0.39, 0.29) is 18.0 Å². The molecule has 2 aromatic heterocycles. The highest BCUT2D eigenvalue weighted by molar-refractivity contribution is 7.17. The van der Waals surface area contributed by atoms with Crippen molar-refractivity contribution in [3.63, 3.8) is 0 Å². The van der Waals surface area contributed by atoms with Crippen LogP contribution in [0.4, 0.5) is 15.9 Å². The van der Waals surface area contributed by atoms with Gasteiger partial charge in [0.15, 0.2) is 0 Å². The number of thiophene rings is 1. The predicted octanol–water partition coefficient (Wildman–Crippen LogP) is 4.55. The van der Waals surface area contributed by atoms with Gasteiger partial charge in [-0.1, -0.05) is 12.1 Å². The first-order chi connectivity index (χ1) is 14.0. The molecular weight excluding hydrogens is 395 g/mol. The highest BCUT2D eigenvalue weighted by atomic mass is 32.1. The Morgan fingerprint density at radius 1 is 1.14 bits per heavy atom. The minimum atomic E-state index is -0.881. The number of nitrogens with zero attached hydrogens (tertiary/aromatic N) is 3. The number of aliphatic hydroxyl groups is 1. The van der Waals surface area contributed by atoms with Crippen LogP contribution in [0.15, 0.2) is 60.2 Å². The predicted molar refractivity (Wildman–Crippen MR) is 109 cm³/mol. The van der Waals surface area contributed by atoms with Gasteiger partial charge in [0, 0.05) is 29.6 Å². The number of nitro groups is 1. The number of hydrogen-bond acceptors (Lipinski definition) is 7. The van der Waals surface area contributed by atoms with Crippen LogP contribution in [0, 0.1) is 15.9 Å². The van der Waals surface area contributed by atoms with E-state index < -0.39 is 11.0 Å². The van der Waals surface area contributed by atoms with Crippen LogP contribution in [0.1, 0.15) is 11.7 Å². The summed E-state index contributed by atoms with van der Waals surface area (Å²) in [7, 11) is 0. The van der Waals surface area contributed by atoms with Crippen molar-refractivity contribution in [3.8, 4) is 11.1 Å². The Balaban J connectivity index is 1.58. The average molecular weight is 410 g/mol. The van der Waals surface area contributed by atoms with E-state index in [1.54, 1.807) is 12.1 Å². The lowest BCUT2D eigenvalue weighted by molar-refractivity contribution is -0.384. The molecule has 0 spiro atoms. The molecule has 4 rings (SSSR count). The van der Waals surface area contributed by atoms with Gasteiger partial charge in [0.1, 0.15) is 22.8 Å². The molecule has 4 aromatic rings. The normalized spacial score (nSPS) is 12.1. The number of aromatic nitrogens is 2. The topological polar surface area (TPSA) is 101 Å². The van der Waals surface area contributed by atoms with Gasteiger partial charge >= 0.3 is 0 Å². The monoisotopic (exact) mass is 410 g/mol. The van der Waals surface area contributed by atoms with Crippen LogP contribution < -0.4 is 5.32 Å². The smallest absolute Gasteiger partial charge is 0.269 e. The second-order valence-corrected chi connectivity index (χ2v) is 7.16. The molecular formula is C20H15FN4O3S. The highest BCUT2D eigenvalue weighted by Crippen LogP contribution is 2.36. The summed E-state index contributed by atoms with van der Waals surface area (Å²) in [6, 6.07) is 11.9. The van der Waals surface area contributed by atoms with Gasteiger partial charge in [-0.25, -0.2) is 14.4 Å². The number of halogens is 1. The van der Waals surface area contributed by atoms with Crippen molar-refractivity contribution in [3.05, 3.63) is 81.7 Å². The Morgan fingerprint density at radius 2 is 1.86 bits per heavy atom. The molecule has 1 unspecified atom stereocenters. The third-order valence-corrected chi connectivity index (χ3v) is 5.36. The van der Waals surface area contributed by atoms with Crippen molar-refractivity contribution in [2.45, 2.75) is 6.10 Å². The van der Waals surface area contributed by atoms with Crippen molar-refractivity contribution in [2.24, 2.45) is 0 Å². The first-order valence-electron chi connectivity index (χ1n) is 8.67. The summed E-state index contributed by atoms with van der Waals surface area (Å²) in [4.78, 5) is 19.6. The number of non-ortho nitro benzene ring substituents is 1. The maximum atomic E-state index is 13.3. The van der Waals surface area contributed by atoms with Crippen molar-refractivity contribution in [1.82, 2.24) is 9.97 Å². The molecule has 0 saturated carbocycles. The molecule has 0 aliphatic heterocycles. The molecule has 2 aromatic carbocycles. The molecule has 2 heterocycles. The third kappa shape index (κ3) is 3.91. The van der Waals surface area contributed by atoms with Gasteiger partial charge in [-0.15, -0.1) is 11.3 Å². The van der Waals surface area contributed by atoms with Gasteiger partial charge in [0.05, 0.1) is 16.4 Å². The second kappa shape index (κ2) is 7.90. The second-order valence-electron chi connectivity index (χ2n) is 6.30. The van der Waals surface area contributed by atoms with Crippen LogP contribution in [0.25, 0.3) is 21.3 Å². The van der Waals surface area contributed by atoms with Crippen molar-refractivity contribution < 1.29 is 14.4 Å². The lowest BCUT2D eigenvalue weighted by atomic mass is 10.1. The van der Waals surface area contributed by atoms with Gasteiger partial charge in [-0.3, -0.25) is 10.1 Å². The molecule has 0 bridgehead atoms. The van der Waals surface area contributed by atoms with Crippen LogP contribution in [-0.4, -0.2) is 26.5 Å². The molecule has 0 radical (unpaired) electrons. The Labute approximate surface area is 168 Å². The summed E-state index contributed by atoms with van der Waals surface area (Å²) in [6.07, 6.45) is 0.558. The Kier molecular flexibility index (Phi) is 5.15. The van der Waals surface area contributed by atoms with Crippen LogP contribution in [0.3, 0.4) is 0 Å². The summed E-state index contributed by atoms with van der Waals surface area (Å²) in [6.45, 7) is 0.155. The van der Waals surface area contributed by atoms with Gasteiger partial charge in [0.2, 0.25) is 0 Å². The van der Waals surface area contributed by atoms with E-state index in [0.29, 0.717) is 11.4 Å². The molecule has 0 aliphatic rings. The quantitative estimate of drug-likeness (QED) is 0.357. The number of nitrogens with one attached hydrogen (secondary N) is 1. The third-order valence-electron chi connectivity index (χ3n) is 4.48. The van der Waals surface area contributed by atoms with Crippen molar-refractivity contribution in [1.29, 1.82) is 0 Å². The van der Waals surface area contributed by atoms with Gasteiger partial charge in [0.25, 0.3) is 5.69 Å². The van der Waals surface area contributed by atoms with E-state index in [1.165, 1.54) is 54.1 Å². The maximum Gasteiger partial charge on any atom is 0.269 e. The maximum absolute atomic E-state index is 13.3. The summed E-state index contributed by atoms with van der Waals surface area (Å²) in [5.41, 5.74) is 2.23.